The summed E-state index contributed by atoms with van der Waals surface area (Å²) in [4.78, 5) is 74.5. The Morgan fingerprint density at radius 3 is 2.53 bits per heavy atom. The van der Waals surface area contributed by atoms with E-state index in [9.17, 15) is 32.4 Å². The van der Waals surface area contributed by atoms with Gasteiger partial charge in [0.05, 0.1) is 31.6 Å². The zero-order valence-corrected chi connectivity index (χ0v) is 35.8. The highest BCUT2D eigenvalue weighted by Gasteiger charge is 2.62. The van der Waals surface area contributed by atoms with Crippen molar-refractivity contribution in [3.63, 3.8) is 0 Å². The number of morpholine rings is 1. The predicted molar refractivity (Wildman–Crippen MR) is 218 cm³/mol. The second kappa shape index (κ2) is 18.3. The fourth-order valence-electron chi connectivity index (χ4n) is 8.41. The zero-order chi connectivity index (χ0) is 42.7. The number of fused-ring (bicyclic) bond motifs is 3. The first-order chi connectivity index (χ1) is 28.6. The third-order valence-corrected chi connectivity index (χ3v) is 13.8. The molecule has 5 atom stereocenters. The van der Waals surface area contributed by atoms with E-state index in [4.69, 9.17) is 18.9 Å². The first kappa shape index (κ1) is 43.7. The van der Waals surface area contributed by atoms with Crippen LogP contribution in [0.4, 0.5) is 9.59 Å². The smallest absolute Gasteiger partial charge is 0.410 e. The van der Waals surface area contributed by atoms with Gasteiger partial charge in [-0.3, -0.25) is 28.9 Å². The van der Waals surface area contributed by atoms with E-state index in [2.05, 4.69) is 20.3 Å². The van der Waals surface area contributed by atoms with Gasteiger partial charge in [0.25, 0.3) is 5.91 Å². The SMILES string of the molecule is CC(C)(C)OC(=O)N[C@H]1CCCCC/C=C\[C@@H]2C[C@@]2(C(=O)NS(=O)(=O)C2CC2)NC(=O)[C@@H]2C[C@@H](OC(=O)N3Cc4ccc(OCCCN5CCOCC5)cc4C3)CN2C1=O. The van der Waals surface area contributed by atoms with Gasteiger partial charge in [0.2, 0.25) is 21.8 Å². The average Bonchev–Trinajstić information content (AvgIpc) is 4.08. The van der Waals surface area contributed by atoms with Crippen LogP contribution >= 0.6 is 0 Å². The lowest BCUT2D eigenvalue weighted by Crippen LogP contribution is -2.58. The number of alkyl carbamates (subject to hydrolysis) is 1. The summed E-state index contributed by atoms with van der Waals surface area (Å²) < 4.78 is 50.9. The molecule has 2 saturated heterocycles. The number of benzene rings is 1. The van der Waals surface area contributed by atoms with Gasteiger partial charge in [-0.25, -0.2) is 18.0 Å². The molecular weight excluding hydrogens is 797 g/mol. The fraction of sp³-hybridized carbons (Fsp3) is 0.690. The Morgan fingerprint density at radius 2 is 1.78 bits per heavy atom. The molecule has 2 aliphatic carbocycles. The summed E-state index contributed by atoms with van der Waals surface area (Å²) in [7, 11) is -3.92. The first-order valence-corrected chi connectivity index (χ1v) is 23.0. The van der Waals surface area contributed by atoms with Crippen LogP contribution in [0.15, 0.2) is 30.4 Å². The Kier molecular flexibility index (Phi) is 13.3. The number of hydrogen-bond acceptors (Lipinski definition) is 12. The molecule has 18 heteroatoms. The van der Waals surface area contributed by atoms with Gasteiger partial charge in [0, 0.05) is 45.1 Å². The summed E-state index contributed by atoms with van der Waals surface area (Å²) in [5, 5.41) is 4.90. The number of nitrogens with zero attached hydrogens (tertiary/aromatic N) is 3. The zero-order valence-electron chi connectivity index (χ0n) is 34.9. The molecule has 330 valence electrons. The van der Waals surface area contributed by atoms with E-state index in [0.29, 0.717) is 38.8 Å². The van der Waals surface area contributed by atoms with E-state index in [-0.39, 0.29) is 32.4 Å². The second-order valence-electron chi connectivity index (χ2n) is 17.9. The van der Waals surface area contributed by atoms with Crippen molar-refractivity contribution in [3.8, 4) is 5.75 Å². The van der Waals surface area contributed by atoms with E-state index < -0.39 is 80.4 Å². The molecule has 1 aromatic carbocycles. The molecule has 4 aliphatic heterocycles. The minimum Gasteiger partial charge on any atom is -0.494 e. The monoisotopic (exact) mass is 856 g/mol. The Bertz CT molecular complexity index is 1930. The molecule has 17 nitrogen and oxygen atoms in total. The third-order valence-electron chi connectivity index (χ3n) is 12.0. The second-order valence-corrected chi connectivity index (χ2v) is 19.9. The number of allylic oxidation sites excluding steroid dienone is 1. The Hall–Kier alpha value is -4.42. The third kappa shape index (κ3) is 10.9. The maximum atomic E-state index is 14.5. The number of carbonyl (C=O) groups excluding carboxylic acids is 5. The lowest BCUT2D eigenvalue weighted by atomic mass is 10.0. The van der Waals surface area contributed by atoms with E-state index >= 15 is 0 Å². The molecule has 6 aliphatic rings. The molecule has 4 heterocycles. The van der Waals surface area contributed by atoms with Crippen LogP contribution in [-0.4, -0.2) is 134 Å². The van der Waals surface area contributed by atoms with Crippen molar-refractivity contribution in [1.29, 1.82) is 0 Å². The highest BCUT2D eigenvalue weighted by atomic mass is 32.2. The Balaban J connectivity index is 1.04. The van der Waals surface area contributed by atoms with Gasteiger partial charge in [0.15, 0.2) is 0 Å². The molecule has 0 bridgehead atoms. The largest absolute Gasteiger partial charge is 0.494 e. The van der Waals surface area contributed by atoms with Gasteiger partial charge in [0.1, 0.15) is 35.1 Å². The van der Waals surface area contributed by atoms with Crippen molar-refractivity contribution in [1.82, 2.24) is 30.1 Å². The molecule has 0 unspecified atom stereocenters. The highest BCUT2D eigenvalue weighted by Crippen LogP contribution is 2.46. The van der Waals surface area contributed by atoms with Crippen LogP contribution in [0.25, 0.3) is 0 Å². The number of amides is 5. The topological polar surface area (TPSA) is 202 Å². The Labute approximate surface area is 352 Å². The summed E-state index contributed by atoms with van der Waals surface area (Å²) in [5.74, 6) is -1.80. The van der Waals surface area contributed by atoms with Gasteiger partial charge in [-0.2, -0.15) is 0 Å². The number of hydrogen-bond donors (Lipinski definition) is 3. The molecule has 0 spiro atoms. The van der Waals surface area contributed by atoms with Crippen molar-refractivity contribution >= 4 is 39.9 Å². The molecule has 3 N–H and O–H groups in total. The number of sulfonamides is 1. The normalized spacial score (nSPS) is 28.2. The van der Waals surface area contributed by atoms with Crippen LogP contribution in [0, 0.1) is 5.92 Å². The van der Waals surface area contributed by atoms with Crippen LogP contribution in [0.3, 0.4) is 0 Å². The minimum atomic E-state index is -3.92. The number of nitrogens with one attached hydrogen (secondary N) is 3. The van der Waals surface area contributed by atoms with Crippen molar-refractivity contribution in [2.45, 2.75) is 133 Å². The quantitative estimate of drug-likeness (QED) is 0.230. The predicted octanol–water partition coefficient (Wildman–Crippen LogP) is 3.11. The fourth-order valence-corrected chi connectivity index (χ4v) is 9.77. The van der Waals surface area contributed by atoms with E-state index in [1.54, 1.807) is 25.7 Å². The molecule has 1 aromatic rings. The van der Waals surface area contributed by atoms with E-state index in [1.165, 1.54) is 4.90 Å². The average molecular weight is 857 g/mol. The van der Waals surface area contributed by atoms with Crippen LogP contribution < -0.4 is 20.1 Å². The number of ether oxygens (including phenoxy) is 4. The maximum Gasteiger partial charge on any atom is 0.410 e. The lowest BCUT2D eigenvalue weighted by Gasteiger charge is -2.30. The first-order valence-electron chi connectivity index (χ1n) is 21.5. The molecule has 2 saturated carbocycles. The molecule has 4 fully saturated rings. The highest BCUT2D eigenvalue weighted by molar-refractivity contribution is 7.91. The molecule has 7 rings (SSSR count). The van der Waals surface area contributed by atoms with Crippen molar-refractivity contribution < 1.29 is 51.3 Å². The van der Waals surface area contributed by atoms with Gasteiger partial charge in [-0.15, -0.1) is 0 Å². The molecule has 60 heavy (non-hydrogen) atoms. The van der Waals surface area contributed by atoms with E-state index in [1.807, 2.05) is 30.4 Å². The van der Waals surface area contributed by atoms with E-state index in [0.717, 1.165) is 69.0 Å². The number of carbonyl (C=O) groups is 5. The van der Waals surface area contributed by atoms with Crippen LogP contribution in [-0.2, 0) is 51.7 Å². The molecule has 5 amide bonds. The molecular formula is C42H60N6O11S. The maximum absolute atomic E-state index is 14.5. The van der Waals surface area contributed by atoms with Crippen molar-refractivity contribution in [2.75, 3.05) is 46.0 Å². The molecule has 0 aromatic heterocycles. The minimum absolute atomic E-state index is 0.0791. The molecule has 0 radical (unpaired) electrons. The van der Waals surface area contributed by atoms with Crippen LogP contribution in [0.2, 0.25) is 0 Å². The summed E-state index contributed by atoms with van der Waals surface area (Å²) in [5.41, 5.74) is -0.482. The Morgan fingerprint density at radius 1 is 1.02 bits per heavy atom. The van der Waals surface area contributed by atoms with Gasteiger partial charge >= 0.3 is 12.2 Å². The van der Waals surface area contributed by atoms with Crippen LogP contribution in [0.1, 0.15) is 96.1 Å². The van der Waals surface area contributed by atoms with Gasteiger partial charge in [-0.1, -0.05) is 31.1 Å². The number of rotatable bonds is 10. The lowest BCUT2D eigenvalue weighted by molar-refractivity contribution is -0.141. The van der Waals surface area contributed by atoms with Gasteiger partial charge < -0.3 is 34.5 Å². The van der Waals surface area contributed by atoms with Gasteiger partial charge in [-0.05, 0) is 89.0 Å². The summed E-state index contributed by atoms with van der Waals surface area (Å²) >= 11 is 0. The summed E-state index contributed by atoms with van der Waals surface area (Å²) in [6, 6.07) is 3.52. The summed E-state index contributed by atoms with van der Waals surface area (Å²) in [6.07, 6.45) is 6.41. The summed E-state index contributed by atoms with van der Waals surface area (Å²) in [6.45, 7) is 10.4. The van der Waals surface area contributed by atoms with Crippen molar-refractivity contribution in [2.24, 2.45) is 5.92 Å². The standard InChI is InChI=1S/C42H60N6O11S/c1-41(2,3)59-39(52)43-34-11-8-6-4-5-7-10-30-24-42(30,38(51)45-60(54,55)33-14-15-33)44-36(49)35-23-32(27-48(35)37(34)50)58-40(53)47-25-28-12-13-31(22-29(28)26-47)57-19-9-16-46-17-20-56-21-18-46/h7,10,12-13,22,30,32-35H,4-6,8-9,11,14-21,23-27H2,1-3H3,(H,43,52)(H,44,49)(H,45,51)/b10-7-/t30-,32-,34+,35+,42-/m1/s1. The van der Waals surface area contributed by atoms with Crippen molar-refractivity contribution in [3.05, 3.63) is 41.5 Å². The van der Waals surface area contributed by atoms with Crippen LogP contribution in [0.5, 0.6) is 5.75 Å².